The largest absolute Gasteiger partial charge is 0.490 e. The summed E-state index contributed by atoms with van der Waals surface area (Å²) in [7, 11) is 0. The molecule has 0 radical (unpaired) electrons. The number of nitrogens with zero attached hydrogens (tertiary/aromatic N) is 1. The van der Waals surface area contributed by atoms with E-state index in [2.05, 4.69) is 76.4 Å². The van der Waals surface area contributed by atoms with Gasteiger partial charge in [-0.3, -0.25) is 4.79 Å². The normalized spacial score (nSPS) is 13.6. The minimum absolute atomic E-state index is 0.114. The Morgan fingerprint density at radius 2 is 1.78 bits per heavy atom. The fourth-order valence-corrected chi connectivity index (χ4v) is 7.18. The van der Waals surface area contributed by atoms with Crippen molar-refractivity contribution in [2.75, 3.05) is 24.7 Å². The number of carbonyl (C=O) groups is 1. The average Bonchev–Trinajstić information content (AvgIpc) is 3.44. The zero-order chi connectivity index (χ0) is 26.0. The van der Waals surface area contributed by atoms with E-state index in [4.69, 9.17) is 14.2 Å². The number of benzene rings is 3. The zero-order valence-electron chi connectivity index (χ0n) is 20.7. The Labute approximate surface area is 240 Å². The van der Waals surface area contributed by atoms with Gasteiger partial charge in [-0.1, -0.05) is 42.0 Å². The number of nitrogens with one attached hydrogen (secondary N) is 1. The number of hydrogen-bond donors (Lipinski definition) is 1. The van der Waals surface area contributed by atoms with E-state index in [1.807, 2.05) is 54.7 Å². The van der Waals surface area contributed by atoms with Gasteiger partial charge in [-0.25, -0.2) is 5.43 Å². The summed E-state index contributed by atoms with van der Waals surface area (Å²) in [6, 6.07) is 20.0. The molecule has 4 rings (SSSR count). The summed E-state index contributed by atoms with van der Waals surface area (Å²) < 4.78 is 18.9. The third kappa shape index (κ3) is 8.31. The lowest BCUT2D eigenvalue weighted by molar-refractivity contribution is -0.123. The smallest absolute Gasteiger partial charge is 0.277 e. The summed E-state index contributed by atoms with van der Waals surface area (Å²) in [5, 5.41) is 4.08. The lowest BCUT2D eigenvalue weighted by Crippen LogP contribution is -2.24. The van der Waals surface area contributed by atoms with Gasteiger partial charge in [-0.15, -0.1) is 23.5 Å². The highest BCUT2D eigenvalue weighted by atomic mass is 127. The number of hydrogen-bond acceptors (Lipinski definition) is 7. The Hall–Kier alpha value is -2.37. The summed E-state index contributed by atoms with van der Waals surface area (Å²) in [5.41, 5.74) is 6.88. The molecule has 1 saturated heterocycles. The minimum atomic E-state index is -0.333. The molecule has 0 aliphatic carbocycles. The average molecular weight is 649 g/mol. The second kappa shape index (κ2) is 14.0. The van der Waals surface area contributed by atoms with Crippen LogP contribution >= 0.6 is 46.1 Å². The van der Waals surface area contributed by atoms with E-state index in [1.54, 1.807) is 6.21 Å². The lowest BCUT2D eigenvalue weighted by Gasteiger charge is -2.15. The van der Waals surface area contributed by atoms with Crippen molar-refractivity contribution in [1.82, 2.24) is 5.43 Å². The van der Waals surface area contributed by atoms with Gasteiger partial charge in [0.05, 0.1) is 21.0 Å². The van der Waals surface area contributed by atoms with Crippen LogP contribution in [0, 0.1) is 10.5 Å². The van der Waals surface area contributed by atoms with Crippen LogP contribution in [0.4, 0.5) is 0 Å². The Kier molecular flexibility index (Phi) is 10.4. The van der Waals surface area contributed by atoms with Crippen LogP contribution in [-0.2, 0) is 11.4 Å². The molecule has 3 aromatic rings. The first-order valence-corrected chi connectivity index (χ1v) is 15.1. The second-order valence-corrected chi connectivity index (χ2v) is 12.1. The molecule has 1 amide bonds. The zero-order valence-corrected chi connectivity index (χ0v) is 24.5. The number of ether oxygens (including phenoxy) is 3. The van der Waals surface area contributed by atoms with Crippen molar-refractivity contribution in [3.63, 3.8) is 0 Å². The molecule has 1 aliphatic heterocycles. The first kappa shape index (κ1) is 27.7. The molecule has 0 spiro atoms. The minimum Gasteiger partial charge on any atom is -0.490 e. The van der Waals surface area contributed by atoms with Gasteiger partial charge in [0, 0.05) is 11.5 Å². The molecule has 37 heavy (non-hydrogen) atoms. The SMILES string of the molecule is CCOc1cc(/C=N\NC(=O)COc2ccc(C3SCCS3)cc2)cc(I)c1OCc1ccc(C)cc1. The Morgan fingerprint density at radius 1 is 1.05 bits per heavy atom. The van der Waals surface area contributed by atoms with Gasteiger partial charge < -0.3 is 14.2 Å². The number of amides is 1. The van der Waals surface area contributed by atoms with Crippen LogP contribution in [0.25, 0.3) is 0 Å². The van der Waals surface area contributed by atoms with E-state index in [0.717, 1.165) is 14.7 Å². The van der Waals surface area contributed by atoms with Gasteiger partial charge in [0.15, 0.2) is 18.1 Å². The maximum Gasteiger partial charge on any atom is 0.277 e. The summed E-state index contributed by atoms with van der Waals surface area (Å²) in [5.74, 6) is 4.02. The van der Waals surface area contributed by atoms with Gasteiger partial charge in [0.2, 0.25) is 0 Å². The van der Waals surface area contributed by atoms with Crippen molar-refractivity contribution in [3.05, 3.63) is 86.5 Å². The van der Waals surface area contributed by atoms with Crippen LogP contribution in [0.1, 0.15) is 33.8 Å². The molecule has 3 aromatic carbocycles. The molecule has 6 nitrogen and oxygen atoms in total. The predicted octanol–water partition coefficient (Wildman–Crippen LogP) is 6.59. The van der Waals surface area contributed by atoms with Crippen LogP contribution in [0.5, 0.6) is 17.2 Å². The van der Waals surface area contributed by atoms with E-state index < -0.39 is 0 Å². The topological polar surface area (TPSA) is 69.2 Å². The van der Waals surface area contributed by atoms with E-state index in [9.17, 15) is 4.79 Å². The molecular formula is C28H29IN2O4S2. The van der Waals surface area contributed by atoms with E-state index >= 15 is 0 Å². The number of carbonyl (C=O) groups excluding carboxylic acids is 1. The lowest BCUT2D eigenvalue weighted by atomic mass is 10.2. The van der Waals surface area contributed by atoms with Gasteiger partial charge >= 0.3 is 0 Å². The number of halogens is 1. The third-order valence-corrected chi connectivity index (χ3v) is 9.29. The van der Waals surface area contributed by atoms with Crippen molar-refractivity contribution in [1.29, 1.82) is 0 Å². The summed E-state index contributed by atoms with van der Waals surface area (Å²) in [4.78, 5) is 12.2. The van der Waals surface area contributed by atoms with Crippen LogP contribution in [-0.4, -0.2) is 36.8 Å². The molecule has 194 valence electrons. The van der Waals surface area contributed by atoms with Crippen LogP contribution in [0.3, 0.4) is 0 Å². The molecule has 0 saturated carbocycles. The van der Waals surface area contributed by atoms with E-state index in [1.165, 1.54) is 22.6 Å². The molecule has 1 N–H and O–H groups in total. The standard InChI is InChI=1S/C28H29IN2O4S2/c1-3-33-25-15-21(14-24(29)27(25)35-17-20-6-4-19(2)5-7-20)16-30-31-26(32)18-34-23-10-8-22(9-11-23)28-36-12-13-37-28/h4-11,14-16,28H,3,12-13,17-18H2,1-2H3,(H,31,32)/b30-16-. The molecule has 9 heteroatoms. The highest BCUT2D eigenvalue weighted by Gasteiger charge is 2.18. The maximum atomic E-state index is 12.2. The van der Waals surface area contributed by atoms with Gasteiger partial charge in [0.1, 0.15) is 12.4 Å². The highest BCUT2D eigenvalue weighted by molar-refractivity contribution is 14.1. The molecule has 1 heterocycles. The van der Waals surface area contributed by atoms with Crippen LogP contribution in [0.2, 0.25) is 0 Å². The Morgan fingerprint density at radius 3 is 2.49 bits per heavy atom. The van der Waals surface area contributed by atoms with Crippen molar-refractivity contribution in [2.45, 2.75) is 25.0 Å². The predicted molar refractivity (Wildman–Crippen MR) is 161 cm³/mol. The molecular weight excluding hydrogens is 619 g/mol. The molecule has 0 unspecified atom stereocenters. The first-order valence-electron chi connectivity index (χ1n) is 11.9. The maximum absolute atomic E-state index is 12.2. The van der Waals surface area contributed by atoms with Crippen LogP contribution in [0.15, 0.2) is 65.8 Å². The molecule has 0 atom stereocenters. The molecule has 0 aromatic heterocycles. The summed E-state index contributed by atoms with van der Waals surface area (Å²) in [6.45, 7) is 4.82. The number of hydrazone groups is 1. The fourth-order valence-electron chi connectivity index (χ4n) is 3.54. The molecule has 1 fully saturated rings. The van der Waals surface area contributed by atoms with Gasteiger partial charge in [-0.2, -0.15) is 5.10 Å². The summed E-state index contributed by atoms with van der Waals surface area (Å²) in [6.07, 6.45) is 1.58. The number of thioether (sulfide) groups is 2. The number of rotatable bonds is 11. The Balaban J connectivity index is 1.30. The van der Waals surface area contributed by atoms with Gasteiger partial charge in [0.25, 0.3) is 5.91 Å². The Bertz CT molecular complexity index is 1210. The van der Waals surface area contributed by atoms with Crippen molar-refractivity contribution in [2.24, 2.45) is 5.10 Å². The fraction of sp³-hybridized carbons (Fsp3) is 0.286. The highest BCUT2D eigenvalue weighted by Crippen LogP contribution is 2.45. The monoisotopic (exact) mass is 648 g/mol. The van der Waals surface area contributed by atoms with Crippen LogP contribution < -0.4 is 19.6 Å². The van der Waals surface area contributed by atoms with Crippen molar-refractivity contribution < 1.29 is 19.0 Å². The van der Waals surface area contributed by atoms with Crippen molar-refractivity contribution in [3.8, 4) is 17.2 Å². The van der Waals surface area contributed by atoms with Gasteiger partial charge in [-0.05, 0) is 77.4 Å². The third-order valence-electron chi connectivity index (χ3n) is 5.38. The van der Waals surface area contributed by atoms with E-state index in [0.29, 0.717) is 35.0 Å². The second-order valence-electron chi connectivity index (χ2n) is 8.26. The first-order chi connectivity index (χ1) is 18.0. The summed E-state index contributed by atoms with van der Waals surface area (Å²) >= 11 is 6.14. The quantitative estimate of drug-likeness (QED) is 0.144. The number of aryl methyl sites for hydroxylation is 1. The molecule has 1 aliphatic rings. The van der Waals surface area contributed by atoms with Crippen molar-refractivity contribution >= 4 is 58.2 Å². The van der Waals surface area contributed by atoms with E-state index in [-0.39, 0.29) is 12.5 Å². The molecule has 0 bridgehead atoms.